The zero-order valence-electron chi connectivity index (χ0n) is 11.8. The highest BCUT2D eigenvalue weighted by molar-refractivity contribution is 6.30. The molecule has 0 aromatic heterocycles. The summed E-state index contributed by atoms with van der Waals surface area (Å²) in [6.45, 7) is 5.05. The first-order chi connectivity index (χ1) is 9.69. The Balaban J connectivity index is 1.72. The predicted octanol–water partition coefficient (Wildman–Crippen LogP) is 2.42. The van der Waals surface area contributed by atoms with Gasteiger partial charge >= 0.3 is 5.97 Å². The summed E-state index contributed by atoms with van der Waals surface area (Å²) in [4.78, 5) is 15.8. The Kier molecular flexibility index (Phi) is 5.68. The lowest BCUT2D eigenvalue weighted by molar-refractivity contribution is -0.140. The molecule has 20 heavy (non-hydrogen) atoms. The highest BCUT2D eigenvalue weighted by atomic mass is 35.5. The van der Waals surface area contributed by atoms with Gasteiger partial charge in [0.25, 0.3) is 0 Å². The predicted molar refractivity (Wildman–Crippen MR) is 81.4 cm³/mol. The minimum atomic E-state index is -0.121. The van der Waals surface area contributed by atoms with Crippen molar-refractivity contribution in [3.8, 4) is 0 Å². The summed E-state index contributed by atoms with van der Waals surface area (Å²) in [5, 5.41) is 0.773. The molecule has 5 heteroatoms. The number of anilines is 1. The van der Waals surface area contributed by atoms with Crippen LogP contribution in [0.1, 0.15) is 12.8 Å². The molecule has 1 aromatic rings. The largest absolute Gasteiger partial charge is 0.469 e. The second-order valence-electron chi connectivity index (χ2n) is 4.98. The monoisotopic (exact) mass is 296 g/mol. The van der Waals surface area contributed by atoms with Crippen molar-refractivity contribution in [3.63, 3.8) is 0 Å². The van der Waals surface area contributed by atoms with Gasteiger partial charge in [0.15, 0.2) is 0 Å². The molecule has 4 nitrogen and oxygen atoms in total. The second kappa shape index (κ2) is 7.50. The first kappa shape index (κ1) is 15.1. The lowest BCUT2D eigenvalue weighted by atomic mass is 10.2. The van der Waals surface area contributed by atoms with E-state index in [1.165, 1.54) is 12.8 Å². The molecule has 110 valence electrons. The van der Waals surface area contributed by atoms with E-state index in [1.54, 1.807) is 0 Å². The summed E-state index contributed by atoms with van der Waals surface area (Å²) < 4.78 is 4.65. The zero-order valence-corrected chi connectivity index (χ0v) is 12.6. The molecular weight excluding hydrogens is 276 g/mol. The number of carbonyl (C=O) groups excluding carboxylic acids is 1. The molecule has 0 amide bonds. The highest BCUT2D eigenvalue weighted by Crippen LogP contribution is 2.19. The van der Waals surface area contributed by atoms with E-state index in [0.29, 0.717) is 6.42 Å². The van der Waals surface area contributed by atoms with Crippen molar-refractivity contribution < 1.29 is 9.53 Å². The normalized spacial score (nSPS) is 16.2. The van der Waals surface area contributed by atoms with E-state index in [9.17, 15) is 4.79 Å². The molecule has 0 aliphatic carbocycles. The van der Waals surface area contributed by atoms with Crippen LogP contribution < -0.4 is 4.90 Å². The van der Waals surface area contributed by atoms with Crippen LogP contribution in [0.15, 0.2) is 24.3 Å². The first-order valence-corrected chi connectivity index (χ1v) is 7.36. The molecule has 0 atom stereocenters. The zero-order chi connectivity index (χ0) is 14.4. The van der Waals surface area contributed by atoms with Gasteiger partial charge in [0.05, 0.1) is 7.11 Å². The van der Waals surface area contributed by atoms with E-state index in [-0.39, 0.29) is 5.97 Å². The smallest absolute Gasteiger partial charge is 0.305 e. The van der Waals surface area contributed by atoms with Crippen molar-refractivity contribution in [2.75, 3.05) is 44.7 Å². The fourth-order valence-corrected chi connectivity index (χ4v) is 2.56. The summed E-state index contributed by atoms with van der Waals surface area (Å²) in [6, 6.07) is 7.99. The molecule has 0 unspecified atom stereocenters. The standard InChI is InChI=1S/C15H21ClN2O2/c1-20-15(19)3-2-8-17-9-11-18(12-10-17)14-6-4-13(16)5-7-14/h4-7H,2-3,8-12H2,1H3. The molecule has 0 bridgehead atoms. The Hall–Kier alpha value is -1.26. The van der Waals surface area contributed by atoms with Crippen LogP contribution in [0.2, 0.25) is 5.02 Å². The van der Waals surface area contributed by atoms with Gasteiger partial charge in [0.2, 0.25) is 0 Å². The Bertz CT molecular complexity index is 428. The number of nitrogens with zero attached hydrogens (tertiary/aromatic N) is 2. The second-order valence-corrected chi connectivity index (χ2v) is 5.42. The van der Waals surface area contributed by atoms with E-state index in [4.69, 9.17) is 11.6 Å². The van der Waals surface area contributed by atoms with E-state index < -0.39 is 0 Å². The first-order valence-electron chi connectivity index (χ1n) is 6.99. The lowest BCUT2D eigenvalue weighted by Gasteiger charge is -2.36. The third kappa shape index (κ3) is 4.39. The summed E-state index contributed by atoms with van der Waals surface area (Å²) in [7, 11) is 1.44. The minimum absolute atomic E-state index is 0.121. The molecule has 1 heterocycles. The molecule has 1 aromatic carbocycles. The van der Waals surface area contributed by atoms with E-state index >= 15 is 0 Å². The van der Waals surface area contributed by atoms with Crippen molar-refractivity contribution in [1.29, 1.82) is 0 Å². The average Bonchev–Trinajstić information content (AvgIpc) is 2.48. The molecule has 0 spiro atoms. The molecule has 0 saturated carbocycles. The third-order valence-corrected chi connectivity index (χ3v) is 3.90. The molecule has 0 N–H and O–H groups in total. The Labute approximate surface area is 125 Å². The van der Waals surface area contributed by atoms with Crippen LogP contribution in [0.4, 0.5) is 5.69 Å². The van der Waals surface area contributed by atoms with Crippen LogP contribution in [0, 0.1) is 0 Å². The van der Waals surface area contributed by atoms with Crippen molar-refractivity contribution in [3.05, 3.63) is 29.3 Å². The number of piperazine rings is 1. The fraction of sp³-hybridized carbons (Fsp3) is 0.533. The average molecular weight is 297 g/mol. The van der Waals surface area contributed by atoms with Gasteiger partial charge < -0.3 is 9.64 Å². The van der Waals surface area contributed by atoms with Gasteiger partial charge in [0, 0.05) is 43.3 Å². The molecule has 1 aliphatic rings. The molecule has 2 rings (SSSR count). The lowest BCUT2D eigenvalue weighted by Crippen LogP contribution is -2.46. The molecule has 1 saturated heterocycles. The van der Waals surface area contributed by atoms with Crippen LogP contribution >= 0.6 is 11.6 Å². The summed E-state index contributed by atoms with van der Waals surface area (Å²) in [5.41, 5.74) is 1.23. The van der Waals surface area contributed by atoms with Crippen molar-refractivity contribution in [2.45, 2.75) is 12.8 Å². The molecule has 1 fully saturated rings. The fourth-order valence-electron chi connectivity index (χ4n) is 2.43. The van der Waals surface area contributed by atoms with Crippen LogP contribution in [0.25, 0.3) is 0 Å². The number of benzene rings is 1. The maximum Gasteiger partial charge on any atom is 0.305 e. The molecule has 0 radical (unpaired) electrons. The maximum absolute atomic E-state index is 11.1. The molecule has 1 aliphatic heterocycles. The van der Waals surface area contributed by atoms with Gasteiger partial charge in [-0.3, -0.25) is 9.69 Å². The van der Waals surface area contributed by atoms with E-state index in [0.717, 1.165) is 44.2 Å². The van der Waals surface area contributed by atoms with Gasteiger partial charge in [-0.05, 0) is 37.2 Å². The number of rotatable bonds is 5. The van der Waals surface area contributed by atoms with Crippen molar-refractivity contribution in [1.82, 2.24) is 4.90 Å². The summed E-state index contributed by atoms with van der Waals surface area (Å²) >= 11 is 5.90. The number of esters is 1. The number of hydrogen-bond donors (Lipinski definition) is 0. The van der Waals surface area contributed by atoms with E-state index in [2.05, 4.69) is 26.7 Å². The third-order valence-electron chi connectivity index (χ3n) is 3.65. The van der Waals surface area contributed by atoms with Crippen LogP contribution in [0.5, 0.6) is 0 Å². The summed E-state index contributed by atoms with van der Waals surface area (Å²) in [6.07, 6.45) is 1.38. The number of ether oxygens (including phenoxy) is 1. The SMILES string of the molecule is COC(=O)CCCN1CCN(c2ccc(Cl)cc2)CC1. The van der Waals surface area contributed by atoms with Crippen molar-refractivity contribution >= 4 is 23.3 Å². The van der Waals surface area contributed by atoms with Gasteiger partial charge in [-0.15, -0.1) is 0 Å². The van der Waals surface area contributed by atoms with E-state index in [1.807, 2.05) is 12.1 Å². The maximum atomic E-state index is 11.1. The highest BCUT2D eigenvalue weighted by Gasteiger charge is 2.17. The van der Waals surface area contributed by atoms with Crippen LogP contribution in [-0.4, -0.2) is 50.7 Å². The number of carbonyl (C=O) groups is 1. The van der Waals surface area contributed by atoms with Gasteiger partial charge in [-0.2, -0.15) is 0 Å². The number of halogens is 1. The Morgan fingerprint density at radius 1 is 1.20 bits per heavy atom. The van der Waals surface area contributed by atoms with Crippen LogP contribution in [-0.2, 0) is 9.53 Å². The van der Waals surface area contributed by atoms with Crippen LogP contribution in [0.3, 0.4) is 0 Å². The van der Waals surface area contributed by atoms with Gasteiger partial charge in [0.1, 0.15) is 0 Å². The molecular formula is C15H21ClN2O2. The van der Waals surface area contributed by atoms with Gasteiger partial charge in [-0.1, -0.05) is 11.6 Å². The Morgan fingerprint density at radius 3 is 2.45 bits per heavy atom. The number of methoxy groups -OCH3 is 1. The Morgan fingerprint density at radius 2 is 1.85 bits per heavy atom. The quantitative estimate of drug-likeness (QED) is 0.781. The topological polar surface area (TPSA) is 32.8 Å². The summed E-state index contributed by atoms with van der Waals surface area (Å²) in [5.74, 6) is -0.121. The minimum Gasteiger partial charge on any atom is -0.469 e. The van der Waals surface area contributed by atoms with Gasteiger partial charge in [-0.25, -0.2) is 0 Å². The number of hydrogen-bond acceptors (Lipinski definition) is 4. The van der Waals surface area contributed by atoms with Crippen molar-refractivity contribution in [2.24, 2.45) is 0 Å².